The van der Waals surface area contributed by atoms with Gasteiger partial charge in [0.25, 0.3) is 0 Å². The minimum Gasteiger partial charge on any atom is -0.398 e. The summed E-state index contributed by atoms with van der Waals surface area (Å²) in [7, 11) is 0. The molecule has 0 atom stereocenters. The number of carbonyl (C=O) groups is 1. The first-order valence-corrected chi connectivity index (χ1v) is 5.10. The van der Waals surface area contributed by atoms with Crippen LogP contribution in [0.15, 0.2) is 18.2 Å². The van der Waals surface area contributed by atoms with E-state index in [1.165, 1.54) is 0 Å². The highest BCUT2D eigenvalue weighted by atomic mass is 35.5. The quantitative estimate of drug-likeness (QED) is 0.462. The summed E-state index contributed by atoms with van der Waals surface area (Å²) in [6.45, 7) is 0. The smallest absolute Gasteiger partial charge is 0.119 e. The summed E-state index contributed by atoms with van der Waals surface area (Å²) in [6, 6.07) is 5.66. The molecule has 0 fully saturated rings. The standard InChI is InChI=1S/C11H14ClNO/c12-11-9(5-2-1-3-8-14)6-4-7-10(11)13/h4,6-8H,1-3,5,13H2. The van der Waals surface area contributed by atoms with Crippen LogP contribution in [0.2, 0.25) is 5.02 Å². The number of halogens is 1. The molecule has 0 unspecified atom stereocenters. The summed E-state index contributed by atoms with van der Waals surface area (Å²) < 4.78 is 0. The Bertz CT molecular complexity index is 312. The second-order valence-electron chi connectivity index (χ2n) is 3.23. The Balaban J connectivity index is 2.50. The van der Waals surface area contributed by atoms with Gasteiger partial charge >= 0.3 is 0 Å². The molecule has 2 N–H and O–H groups in total. The Labute approximate surface area is 89.1 Å². The van der Waals surface area contributed by atoms with Gasteiger partial charge in [-0.25, -0.2) is 0 Å². The molecule has 76 valence electrons. The van der Waals surface area contributed by atoms with Crippen LogP contribution >= 0.6 is 11.6 Å². The van der Waals surface area contributed by atoms with Crippen LogP contribution in [0, 0.1) is 0 Å². The molecule has 0 radical (unpaired) electrons. The van der Waals surface area contributed by atoms with E-state index in [4.69, 9.17) is 17.3 Å². The SMILES string of the molecule is Nc1cccc(CCCCC=O)c1Cl. The minimum absolute atomic E-state index is 0.625. The average molecular weight is 212 g/mol. The Morgan fingerprint density at radius 3 is 2.86 bits per heavy atom. The number of aryl methyl sites for hydroxylation is 1. The number of hydrogen-bond donors (Lipinski definition) is 1. The van der Waals surface area contributed by atoms with Crippen molar-refractivity contribution < 1.29 is 4.79 Å². The van der Waals surface area contributed by atoms with Gasteiger partial charge in [0.15, 0.2) is 0 Å². The maximum absolute atomic E-state index is 10.1. The van der Waals surface area contributed by atoms with E-state index in [0.717, 1.165) is 31.1 Å². The molecule has 2 nitrogen and oxygen atoms in total. The molecule has 14 heavy (non-hydrogen) atoms. The molecule has 0 amide bonds. The normalized spacial score (nSPS) is 10.1. The highest BCUT2D eigenvalue weighted by molar-refractivity contribution is 6.33. The van der Waals surface area contributed by atoms with E-state index in [2.05, 4.69) is 0 Å². The fourth-order valence-corrected chi connectivity index (χ4v) is 1.56. The van der Waals surface area contributed by atoms with Gasteiger partial charge in [-0.1, -0.05) is 23.7 Å². The summed E-state index contributed by atoms with van der Waals surface area (Å²) in [4.78, 5) is 10.1. The van der Waals surface area contributed by atoms with Crippen LogP contribution in [0.1, 0.15) is 24.8 Å². The van der Waals surface area contributed by atoms with E-state index in [1.807, 2.05) is 12.1 Å². The minimum atomic E-state index is 0.625. The predicted octanol–water partition coefficient (Wildman–Crippen LogP) is 2.83. The van der Waals surface area contributed by atoms with Crippen molar-refractivity contribution >= 4 is 23.6 Å². The van der Waals surface area contributed by atoms with Gasteiger partial charge in [0.2, 0.25) is 0 Å². The van der Waals surface area contributed by atoms with E-state index in [-0.39, 0.29) is 0 Å². The van der Waals surface area contributed by atoms with Crippen molar-refractivity contribution in [3.8, 4) is 0 Å². The molecule has 1 aromatic rings. The molecule has 0 aromatic heterocycles. The summed E-state index contributed by atoms with van der Waals surface area (Å²) in [5.74, 6) is 0. The molecule has 3 heteroatoms. The molecular formula is C11H14ClNO. The van der Waals surface area contributed by atoms with E-state index in [9.17, 15) is 4.79 Å². The first-order valence-electron chi connectivity index (χ1n) is 4.72. The lowest BCUT2D eigenvalue weighted by Gasteiger charge is -2.05. The zero-order valence-electron chi connectivity index (χ0n) is 8.00. The third kappa shape index (κ3) is 3.04. The molecule has 0 aliphatic carbocycles. The van der Waals surface area contributed by atoms with Crippen LogP contribution < -0.4 is 5.73 Å². The lowest BCUT2D eigenvalue weighted by molar-refractivity contribution is -0.107. The number of hydrogen-bond acceptors (Lipinski definition) is 2. The second-order valence-corrected chi connectivity index (χ2v) is 3.61. The van der Waals surface area contributed by atoms with Gasteiger partial charge in [-0.2, -0.15) is 0 Å². The molecule has 0 heterocycles. The zero-order valence-corrected chi connectivity index (χ0v) is 8.76. The van der Waals surface area contributed by atoms with Crippen LogP contribution in [0.4, 0.5) is 5.69 Å². The van der Waals surface area contributed by atoms with Gasteiger partial charge in [-0.15, -0.1) is 0 Å². The zero-order chi connectivity index (χ0) is 10.4. The maximum atomic E-state index is 10.1. The van der Waals surface area contributed by atoms with E-state index in [0.29, 0.717) is 17.1 Å². The molecule has 0 aliphatic rings. The molecule has 0 aliphatic heterocycles. The van der Waals surface area contributed by atoms with Crippen LogP contribution in [0.5, 0.6) is 0 Å². The van der Waals surface area contributed by atoms with E-state index >= 15 is 0 Å². The van der Waals surface area contributed by atoms with Gasteiger partial charge in [0.05, 0.1) is 10.7 Å². The fraction of sp³-hybridized carbons (Fsp3) is 0.364. The Hall–Kier alpha value is -1.02. The van der Waals surface area contributed by atoms with Crippen LogP contribution in [0.3, 0.4) is 0 Å². The van der Waals surface area contributed by atoms with Gasteiger partial charge < -0.3 is 10.5 Å². The van der Waals surface area contributed by atoms with Crippen molar-refractivity contribution in [2.45, 2.75) is 25.7 Å². The van der Waals surface area contributed by atoms with Gasteiger partial charge in [-0.3, -0.25) is 0 Å². The molecule has 1 aromatic carbocycles. The number of nitrogens with two attached hydrogens (primary N) is 1. The summed E-state index contributed by atoms with van der Waals surface area (Å²) in [5.41, 5.74) is 7.35. The second kappa shape index (κ2) is 5.66. The third-order valence-electron chi connectivity index (χ3n) is 2.13. The first-order chi connectivity index (χ1) is 6.75. The van der Waals surface area contributed by atoms with Crippen LogP contribution in [-0.2, 0) is 11.2 Å². The van der Waals surface area contributed by atoms with Crippen molar-refractivity contribution in [3.63, 3.8) is 0 Å². The number of benzene rings is 1. The average Bonchev–Trinajstić information content (AvgIpc) is 2.19. The summed E-state index contributed by atoms with van der Waals surface area (Å²) >= 11 is 6.01. The monoisotopic (exact) mass is 211 g/mol. The highest BCUT2D eigenvalue weighted by Gasteiger charge is 2.02. The number of unbranched alkanes of at least 4 members (excludes halogenated alkanes) is 2. The predicted molar refractivity (Wildman–Crippen MR) is 59.5 cm³/mol. The van der Waals surface area contributed by atoms with Gasteiger partial charge in [-0.05, 0) is 30.9 Å². The fourth-order valence-electron chi connectivity index (χ4n) is 1.34. The maximum Gasteiger partial charge on any atom is 0.119 e. The topological polar surface area (TPSA) is 43.1 Å². The molecule has 1 rings (SSSR count). The highest BCUT2D eigenvalue weighted by Crippen LogP contribution is 2.24. The molecule has 0 spiro atoms. The Morgan fingerprint density at radius 1 is 1.36 bits per heavy atom. The molecular weight excluding hydrogens is 198 g/mol. The van der Waals surface area contributed by atoms with Crippen molar-refractivity contribution in [2.75, 3.05) is 5.73 Å². The van der Waals surface area contributed by atoms with E-state index < -0.39 is 0 Å². The number of carbonyl (C=O) groups excluding carboxylic acids is 1. The number of nitrogen functional groups attached to an aromatic ring is 1. The summed E-state index contributed by atoms with van der Waals surface area (Å²) in [6.07, 6.45) is 4.34. The molecule has 0 saturated heterocycles. The van der Waals surface area contributed by atoms with Gasteiger partial charge in [0, 0.05) is 6.42 Å². The summed E-state index contributed by atoms with van der Waals surface area (Å²) in [5, 5.41) is 0.651. The first kappa shape index (κ1) is 11.1. The lowest BCUT2D eigenvalue weighted by atomic mass is 10.1. The molecule has 0 saturated carbocycles. The Morgan fingerprint density at radius 2 is 2.14 bits per heavy atom. The lowest BCUT2D eigenvalue weighted by Crippen LogP contribution is -1.92. The largest absolute Gasteiger partial charge is 0.398 e. The van der Waals surface area contributed by atoms with Crippen molar-refractivity contribution in [3.05, 3.63) is 28.8 Å². The van der Waals surface area contributed by atoms with Crippen molar-refractivity contribution in [1.82, 2.24) is 0 Å². The number of rotatable bonds is 5. The molecule has 0 bridgehead atoms. The number of aldehydes is 1. The van der Waals surface area contributed by atoms with Gasteiger partial charge in [0.1, 0.15) is 6.29 Å². The van der Waals surface area contributed by atoms with Crippen LogP contribution in [-0.4, -0.2) is 6.29 Å². The van der Waals surface area contributed by atoms with Crippen LogP contribution in [0.25, 0.3) is 0 Å². The van der Waals surface area contributed by atoms with Crippen molar-refractivity contribution in [2.24, 2.45) is 0 Å². The van der Waals surface area contributed by atoms with E-state index in [1.54, 1.807) is 6.07 Å². The number of anilines is 1. The van der Waals surface area contributed by atoms with Crippen molar-refractivity contribution in [1.29, 1.82) is 0 Å². The Kier molecular flexibility index (Phi) is 4.47. The third-order valence-corrected chi connectivity index (χ3v) is 2.59.